The van der Waals surface area contributed by atoms with E-state index < -0.39 is 0 Å². The van der Waals surface area contributed by atoms with Crippen molar-refractivity contribution in [2.45, 2.75) is 33.1 Å². The molecule has 0 N–H and O–H groups in total. The van der Waals surface area contributed by atoms with Crippen LogP contribution in [0.2, 0.25) is 0 Å². The number of hydrogen-bond donors (Lipinski definition) is 0. The molecule has 0 heterocycles. The van der Waals surface area contributed by atoms with Crippen molar-refractivity contribution in [3.05, 3.63) is 12.7 Å². The third-order valence-corrected chi connectivity index (χ3v) is 2.06. The summed E-state index contributed by atoms with van der Waals surface area (Å²) in [6, 6.07) is 0. The van der Waals surface area contributed by atoms with E-state index >= 15 is 0 Å². The Kier molecular flexibility index (Phi) is 8.21. The highest BCUT2D eigenvalue weighted by Crippen LogP contribution is 1.96. The predicted octanol–water partition coefficient (Wildman–Crippen LogP) is 1.75. The summed E-state index contributed by atoms with van der Waals surface area (Å²) in [7, 11) is 0. The molecule has 0 radical (unpaired) electrons. The van der Waals surface area contributed by atoms with E-state index in [0.29, 0.717) is 13.2 Å². The van der Waals surface area contributed by atoms with Gasteiger partial charge in [-0.05, 0) is 18.9 Å². The number of esters is 1. The number of amides is 1. The topological polar surface area (TPSA) is 46.6 Å². The van der Waals surface area contributed by atoms with Gasteiger partial charge in [0.2, 0.25) is 5.91 Å². The molecule has 92 valence electrons. The molecule has 0 fully saturated rings. The van der Waals surface area contributed by atoms with Gasteiger partial charge in [0.15, 0.2) is 0 Å². The smallest absolute Gasteiger partial charge is 0.325 e. The molecule has 0 saturated heterocycles. The number of hydrogen-bond acceptors (Lipinski definition) is 3. The second-order valence-electron chi connectivity index (χ2n) is 3.54. The first-order valence-corrected chi connectivity index (χ1v) is 5.72. The third kappa shape index (κ3) is 6.22. The maximum absolute atomic E-state index is 11.4. The van der Waals surface area contributed by atoms with Crippen LogP contribution in [0.4, 0.5) is 0 Å². The molecule has 0 aliphatic carbocycles. The first kappa shape index (κ1) is 14.7. The molecule has 1 amide bonds. The maximum atomic E-state index is 11.4. The SMILES string of the molecule is C=CC(=O)N(CCC)CC(=O)OCCCC. The predicted molar refractivity (Wildman–Crippen MR) is 62.9 cm³/mol. The van der Waals surface area contributed by atoms with Gasteiger partial charge in [0.05, 0.1) is 6.61 Å². The van der Waals surface area contributed by atoms with Crippen LogP contribution in [0.25, 0.3) is 0 Å². The lowest BCUT2D eigenvalue weighted by molar-refractivity contribution is -0.148. The quantitative estimate of drug-likeness (QED) is 0.360. The second kappa shape index (κ2) is 8.95. The van der Waals surface area contributed by atoms with Gasteiger partial charge in [0.1, 0.15) is 6.54 Å². The highest BCUT2D eigenvalue weighted by Gasteiger charge is 2.14. The monoisotopic (exact) mass is 227 g/mol. The van der Waals surface area contributed by atoms with E-state index in [2.05, 4.69) is 6.58 Å². The molecule has 0 aromatic carbocycles. The molecule has 0 bridgehead atoms. The van der Waals surface area contributed by atoms with Gasteiger partial charge >= 0.3 is 5.97 Å². The van der Waals surface area contributed by atoms with Crippen LogP contribution in [0.5, 0.6) is 0 Å². The summed E-state index contributed by atoms with van der Waals surface area (Å²) in [5.41, 5.74) is 0. The molecule has 0 aromatic heterocycles. The number of nitrogens with zero attached hydrogens (tertiary/aromatic N) is 1. The summed E-state index contributed by atoms with van der Waals surface area (Å²) in [6.45, 7) is 8.37. The minimum atomic E-state index is -0.350. The lowest BCUT2D eigenvalue weighted by atomic mass is 10.3. The first-order valence-electron chi connectivity index (χ1n) is 5.72. The van der Waals surface area contributed by atoms with Crippen molar-refractivity contribution in [2.75, 3.05) is 19.7 Å². The van der Waals surface area contributed by atoms with Crippen molar-refractivity contribution in [1.29, 1.82) is 0 Å². The molecule has 16 heavy (non-hydrogen) atoms. The van der Waals surface area contributed by atoms with E-state index in [9.17, 15) is 9.59 Å². The summed E-state index contributed by atoms with van der Waals surface area (Å²) in [5.74, 6) is -0.577. The highest BCUT2D eigenvalue weighted by atomic mass is 16.5. The fourth-order valence-electron chi connectivity index (χ4n) is 1.20. The molecular weight excluding hydrogens is 206 g/mol. The summed E-state index contributed by atoms with van der Waals surface area (Å²) in [4.78, 5) is 24.2. The van der Waals surface area contributed by atoms with Gasteiger partial charge < -0.3 is 9.64 Å². The zero-order valence-corrected chi connectivity index (χ0v) is 10.2. The molecule has 4 heteroatoms. The Morgan fingerprint density at radius 3 is 2.50 bits per heavy atom. The Hall–Kier alpha value is -1.32. The summed E-state index contributed by atoms with van der Waals surface area (Å²) in [6.07, 6.45) is 3.86. The Morgan fingerprint density at radius 2 is 2.00 bits per heavy atom. The standard InChI is InChI=1S/C12H21NO3/c1-4-7-9-16-12(15)10-13(8-5-2)11(14)6-3/h6H,3-5,7-10H2,1-2H3. The molecule has 0 aromatic rings. The van der Waals surface area contributed by atoms with Gasteiger partial charge in [-0.2, -0.15) is 0 Å². The van der Waals surface area contributed by atoms with Crippen molar-refractivity contribution in [1.82, 2.24) is 4.90 Å². The summed E-state index contributed by atoms with van der Waals surface area (Å²) >= 11 is 0. The minimum Gasteiger partial charge on any atom is -0.464 e. The van der Waals surface area contributed by atoms with Crippen LogP contribution >= 0.6 is 0 Å². The average molecular weight is 227 g/mol. The minimum absolute atomic E-state index is 0.0163. The number of unbranched alkanes of at least 4 members (excludes halogenated alkanes) is 1. The van der Waals surface area contributed by atoms with E-state index in [4.69, 9.17) is 4.74 Å². The number of rotatable bonds is 8. The Bertz CT molecular complexity index is 238. The normalized spacial score (nSPS) is 9.62. The molecular formula is C12H21NO3. The molecule has 0 aliphatic rings. The van der Waals surface area contributed by atoms with E-state index in [-0.39, 0.29) is 18.4 Å². The zero-order chi connectivity index (χ0) is 12.4. The van der Waals surface area contributed by atoms with Crippen LogP contribution in [-0.4, -0.2) is 36.5 Å². The molecule has 0 spiro atoms. The zero-order valence-electron chi connectivity index (χ0n) is 10.2. The van der Waals surface area contributed by atoms with Gasteiger partial charge in [-0.1, -0.05) is 26.8 Å². The summed E-state index contributed by atoms with van der Waals surface area (Å²) < 4.78 is 4.99. The lowest BCUT2D eigenvalue weighted by Crippen LogP contribution is -2.36. The molecule has 4 nitrogen and oxygen atoms in total. The molecule has 0 saturated carbocycles. The fraction of sp³-hybridized carbons (Fsp3) is 0.667. The third-order valence-electron chi connectivity index (χ3n) is 2.06. The van der Waals surface area contributed by atoms with Crippen LogP contribution < -0.4 is 0 Å². The van der Waals surface area contributed by atoms with Crippen molar-refractivity contribution in [3.63, 3.8) is 0 Å². The Labute approximate surface area is 97.3 Å². The molecule has 0 unspecified atom stereocenters. The van der Waals surface area contributed by atoms with Crippen LogP contribution in [-0.2, 0) is 14.3 Å². The van der Waals surface area contributed by atoms with Gasteiger partial charge in [-0.25, -0.2) is 0 Å². The fourth-order valence-corrected chi connectivity index (χ4v) is 1.20. The molecule has 0 atom stereocenters. The summed E-state index contributed by atoms with van der Waals surface area (Å²) in [5, 5.41) is 0. The van der Waals surface area contributed by atoms with Crippen molar-refractivity contribution in [3.8, 4) is 0 Å². The van der Waals surface area contributed by atoms with Crippen LogP contribution in [0.1, 0.15) is 33.1 Å². The van der Waals surface area contributed by atoms with Gasteiger partial charge in [-0.15, -0.1) is 0 Å². The van der Waals surface area contributed by atoms with Crippen molar-refractivity contribution < 1.29 is 14.3 Å². The number of ether oxygens (including phenoxy) is 1. The first-order chi connectivity index (χ1) is 7.65. The lowest BCUT2D eigenvalue weighted by Gasteiger charge is -2.19. The average Bonchev–Trinajstić information content (AvgIpc) is 2.28. The molecule has 0 rings (SSSR count). The number of carbonyl (C=O) groups is 2. The van der Waals surface area contributed by atoms with E-state index in [1.807, 2.05) is 13.8 Å². The van der Waals surface area contributed by atoms with Crippen molar-refractivity contribution >= 4 is 11.9 Å². The molecule has 0 aliphatic heterocycles. The van der Waals surface area contributed by atoms with E-state index in [1.54, 1.807) is 0 Å². The van der Waals surface area contributed by atoms with E-state index in [0.717, 1.165) is 19.3 Å². The van der Waals surface area contributed by atoms with Gasteiger partial charge in [-0.3, -0.25) is 9.59 Å². The van der Waals surface area contributed by atoms with Crippen LogP contribution in [0.15, 0.2) is 12.7 Å². The second-order valence-corrected chi connectivity index (χ2v) is 3.54. The number of carbonyl (C=O) groups excluding carboxylic acids is 2. The van der Waals surface area contributed by atoms with Crippen LogP contribution in [0.3, 0.4) is 0 Å². The van der Waals surface area contributed by atoms with Gasteiger partial charge in [0.25, 0.3) is 0 Å². The maximum Gasteiger partial charge on any atom is 0.325 e. The van der Waals surface area contributed by atoms with Crippen molar-refractivity contribution in [2.24, 2.45) is 0 Å². The van der Waals surface area contributed by atoms with E-state index in [1.165, 1.54) is 11.0 Å². The Morgan fingerprint density at radius 1 is 1.31 bits per heavy atom. The Balaban J connectivity index is 4.02. The van der Waals surface area contributed by atoms with Crippen LogP contribution in [0, 0.1) is 0 Å². The van der Waals surface area contributed by atoms with Gasteiger partial charge in [0, 0.05) is 6.54 Å². The largest absolute Gasteiger partial charge is 0.464 e. The highest BCUT2D eigenvalue weighted by molar-refractivity contribution is 5.89.